The third kappa shape index (κ3) is 8.22. The van der Waals surface area contributed by atoms with Crippen molar-refractivity contribution in [1.29, 1.82) is 0 Å². The van der Waals surface area contributed by atoms with Gasteiger partial charge in [0.15, 0.2) is 0 Å². The lowest BCUT2D eigenvalue weighted by atomic mass is 10.1. The fourth-order valence-corrected chi connectivity index (χ4v) is 3.12. The van der Waals surface area contributed by atoms with Gasteiger partial charge in [0.25, 0.3) is 0 Å². The fraction of sp³-hybridized carbons (Fsp3) is 0.619. The Morgan fingerprint density at radius 2 is 1.63 bits per heavy atom. The van der Waals surface area contributed by atoms with Gasteiger partial charge in [-0.2, -0.15) is 13.2 Å². The normalized spacial score (nSPS) is 15.7. The van der Waals surface area contributed by atoms with Crippen LogP contribution in [0.3, 0.4) is 0 Å². The van der Waals surface area contributed by atoms with Crippen molar-refractivity contribution in [2.45, 2.75) is 51.9 Å². The highest BCUT2D eigenvalue weighted by atomic mass is 19.4. The molecule has 0 spiro atoms. The molecule has 30 heavy (non-hydrogen) atoms. The molecule has 0 aromatic heterocycles. The van der Waals surface area contributed by atoms with Gasteiger partial charge in [0, 0.05) is 45.7 Å². The van der Waals surface area contributed by atoms with Crippen LogP contribution < -0.4 is 5.32 Å². The summed E-state index contributed by atoms with van der Waals surface area (Å²) in [6, 6.07) is 5.19. The summed E-state index contributed by atoms with van der Waals surface area (Å²) in [5, 5.41) is 2.63. The van der Waals surface area contributed by atoms with Crippen LogP contribution in [0.1, 0.15) is 44.7 Å². The average molecular weight is 429 g/mol. The predicted molar refractivity (Wildman–Crippen MR) is 107 cm³/mol. The first-order valence-corrected chi connectivity index (χ1v) is 10.1. The lowest BCUT2D eigenvalue weighted by Gasteiger charge is -2.35. The van der Waals surface area contributed by atoms with Crippen LogP contribution in [0.5, 0.6) is 0 Å². The number of hydrogen-bond acceptors (Lipinski definition) is 4. The van der Waals surface area contributed by atoms with Crippen LogP contribution in [0.4, 0.5) is 18.0 Å². The summed E-state index contributed by atoms with van der Waals surface area (Å²) in [6.07, 6.45) is -3.95. The molecule has 1 heterocycles. The molecule has 0 bridgehead atoms. The van der Waals surface area contributed by atoms with E-state index in [1.165, 1.54) is 12.1 Å². The van der Waals surface area contributed by atoms with Gasteiger partial charge >= 0.3 is 12.3 Å². The third-order valence-electron chi connectivity index (χ3n) is 4.65. The molecular formula is C21H30F3N3O3. The summed E-state index contributed by atoms with van der Waals surface area (Å²) >= 11 is 0. The van der Waals surface area contributed by atoms with Crippen molar-refractivity contribution >= 4 is 12.0 Å². The van der Waals surface area contributed by atoms with Crippen molar-refractivity contribution in [3.63, 3.8) is 0 Å². The first-order chi connectivity index (χ1) is 13.9. The Balaban J connectivity index is 1.66. The van der Waals surface area contributed by atoms with Crippen LogP contribution in [0, 0.1) is 0 Å². The molecule has 1 aromatic carbocycles. The summed E-state index contributed by atoms with van der Waals surface area (Å²) in [5.74, 6) is 0.0372. The number of amides is 2. The van der Waals surface area contributed by atoms with E-state index in [1.807, 2.05) is 0 Å². The highest BCUT2D eigenvalue weighted by molar-refractivity contribution is 5.76. The number of alkyl halides is 3. The lowest BCUT2D eigenvalue weighted by molar-refractivity contribution is -0.137. The van der Waals surface area contributed by atoms with Crippen molar-refractivity contribution in [2.24, 2.45) is 0 Å². The maximum absolute atomic E-state index is 12.6. The molecule has 1 aliphatic heterocycles. The number of carbonyl (C=O) groups excluding carboxylic acids is 2. The van der Waals surface area contributed by atoms with Gasteiger partial charge in [0.2, 0.25) is 5.91 Å². The highest BCUT2D eigenvalue weighted by Crippen LogP contribution is 2.29. The molecule has 1 N–H and O–H groups in total. The van der Waals surface area contributed by atoms with Crippen molar-refractivity contribution in [3.05, 3.63) is 35.4 Å². The van der Waals surface area contributed by atoms with Crippen molar-refractivity contribution in [3.8, 4) is 0 Å². The van der Waals surface area contributed by atoms with E-state index in [1.54, 1.807) is 25.7 Å². The van der Waals surface area contributed by atoms with E-state index < -0.39 is 23.4 Å². The van der Waals surface area contributed by atoms with Crippen LogP contribution >= 0.6 is 0 Å². The van der Waals surface area contributed by atoms with Gasteiger partial charge in [-0.15, -0.1) is 0 Å². The Bertz CT molecular complexity index is 707. The number of nitrogens with zero attached hydrogens (tertiary/aromatic N) is 2. The maximum Gasteiger partial charge on any atom is 0.416 e. The predicted octanol–water partition coefficient (Wildman–Crippen LogP) is 3.65. The molecule has 6 nitrogen and oxygen atoms in total. The van der Waals surface area contributed by atoms with E-state index in [9.17, 15) is 22.8 Å². The molecule has 0 unspecified atom stereocenters. The van der Waals surface area contributed by atoms with Gasteiger partial charge in [-0.1, -0.05) is 12.1 Å². The number of hydrogen-bond donors (Lipinski definition) is 1. The first-order valence-electron chi connectivity index (χ1n) is 10.1. The fourth-order valence-electron chi connectivity index (χ4n) is 3.12. The molecule has 168 valence electrons. The van der Waals surface area contributed by atoms with Gasteiger partial charge in [0.05, 0.1) is 5.56 Å². The molecule has 1 saturated heterocycles. The number of benzene rings is 1. The Morgan fingerprint density at radius 3 is 2.17 bits per heavy atom. The number of piperazine rings is 1. The standard InChI is InChI=1S/C21H30F3N3O3/c1-20(2,3)30-19(29)25-10-4-5-18(28)27-13-11-26(12-14-27)15-16-6-8-17(9-7-16)21(22,23)24/h6-9H,4-5,10-15H2,1-3H3,(H,25,29). The van der Waals surface area contributed by atoms with E-state index in [-0.39, 0.29) is 5.91 Å². The van der Waals surface area contributed by atoms with E-state index in [2.05, 4.69) is 10.2 Å². The second-order valence-corrected chi connectivity index (χ2v) is 8.38. The van der Waals surface area contributed by atoms with E-state index in [0.717, 1.165) is 17.7 Å². The summed E-state index contributed by atoms with van der Waals surface area (Å²) in [7, 11) is 0. The molecule has 1 fully saturated rings. The zero-order valence-electron chi connectivity index (χ0n) is 17.7. The Kier molecular flexibility index (Phi) is 8.11. The highest BCUT2D eigenvalue weighted by Gasteiger charge is 2.30. The maximum atomic E-state index is 12.6. The van der Waals surface area contributed by atoms with Crippen LogP contribution in [-0.4, -0.2) is 60.1 Å². The Hall–Kier alpha value is -2.29. The third-order valence-corrected chi connectivity index (χ3v) is 4.65. The molecule has 0 saturated carbocycles. The number of carbonyl (C=O) groups is 2. The van der Waals surface area contributed by atoms with Crippen LogP contribution in [0.25, 0.3) is 0 Å². The van der Waals surface area contributed by atoms with Gasteiger partial charge < -0.3 is 15.0 Å². The summed E-state index contributed by atoms with van der Waals surface area (Å²) in [4.78, 5) is 27.8. The number of nitrogens with one attached hydrogen (secondary N) is 1. The topological polar surface area (TPSA) is 61.9 Å². The smallest absolute Gasteiger partial charge is 0.416 e. The van der Waals surface area contributed by atoms with Gasteiger partial charge in [-0.3, -0.25) is 9.69 Å². The largest absolute Gasteiger partial charge is 0.444 e. The van der Waals surface area contributed by atoms with Crippen molar-refractivity contribution in [1.82, 2.24) is 15.1 Å². The zero-order valence-corrected chi connectivity index (χ0v) is 17.7. The zero-order chi connectivity index (χ0) is 22.4. The summed E-state index contributed by atoms with van der Waals surface area (Å²) in [6.45, 7) is 8.78. The summed E-state index contributed by atoms with van der Waals surface area (Å²) in [5.41, 5.74) is -0.390. The molecule has 1 aromatic rings. The quantitative estimate of drug-likeness (QED) is 0.702. The molecular weight excluding hydrogens is 399 g/mol. The number of alkyl carbamates (subject to hydrolysis) is 1. The second-order valence-electron chi connectivity index (χ2n) is 8.38. The second kappa shape index (κ2) is 10.1. The van der Waals surface area contributed by atoms with Gasteiger partial charge in [0.1, 0.15) is 5.60 Å². The van der Waals surface area contributed by atoms with Crippen LogP contribution in [-0.2, 0) is 22.3 Å². The lowest BCUT2D eigenvalue weighted by Crippen LogP contribution is -2.48. The number of rotatable bonds is 6. The molecule has 9 heteroatoms. The van der Waals surface area contributed by atoms with E-state index in [0.29, 0.717) is 52.1 Å². The molecule has 0 atom stereocenters. The van der Waals surface area contributed by atoms with E-state index in [4.69, 9.17) is 4.74 Å². The average Bonchev–Trinajstić information content (AvgIpc) is 2.64. The minimum Gasteiger partial charge on any atom is -0.444 e. The number of halogens is 3. The van der Waals surface area contributed by atoms with Crippen LogP contribution in [0.15, 0.2) is 24.3 Å². The van der Waals surface area contributed by atoms with E-state index >= 15 is 0 Å². The molecule has 2 rings (SSSR count). The van der Waals surface area contributed by atoms with Gasteiger partial charge in [-0.05, 0) is 44.9 Å². The van der Waals surface area contributed by atoms with Crippen molar-refractivity contribution in [2.75, 3.05) is 32.7 Å². The molecule has 2 amide bonds. The Labute approximate surface area is 175 Å². The number of ether oxygens (including phenoxy) is 1. The van der Waals surface area contributed by atoms with Crippen molar-refractivity contribution < 1.29 is 27.5 Å². The SMILES string of the molecule is CC(C)(C)OC(=O)NCCCC(=O)N1CCN(Cc2ccc(C(F)(F)F)cc2)CC1. The summed E-state index contributed by atoms with van der Waals surface area (Å²) < 4.78 is 43.1. The Morgan fingerprint density at radius 1 is 1.03 bits per heavy atom. The molecule has 0 aliphatic carbocycles. The molecule has 1 aliphatic rings. The first kappa shape index (κ1) is 24.0. The minimum absolute atomic E-state index is 0.0372. The molecule has 0 radical (unpaired) electrons. The minimum atomic E-state index is -4.33. The van der Waals surface area contributed by atoms with Gasteiger partial charge in [-0.25, -0.2) is 4.79 Å². The van der Waals surface area contributed by atoms with Crippen LogP contribution in [0.2, 0.25) is 0 Å². The monoisotopic (exact) mass is 429 g/mol.